The van der Waals surface area contributed by atoms with Crippen molar-refractivity contribution in [3.63, 3.8) is 0 Å². The van der Waals surface area contributed by atoms with Crippen LogP contribution in [0.4, 0.5) is 4.79 Å². The summed E-state index contributed by atoms with van der Waals surface area (Å²) in [5, 5.41) is 5.89. The lowest BCUT2D eigenvalue weighted by atomic mass is 9.91. The van der Waals surface area contributed by atoms with Crippen LogP contribution in [0.15, 0.2) is 23.0 Å². The molecule has 41 heavy (non-hydrogen) atoms. The average Bonchev–Trinajstić information content (AvgIpc) is 3.21. The second-order valence-corrected chi connectivity index (χ2v) is 12.1. The fourth-order valence-corrected chi connectivity index (χ4v) is 6.79. The normalized spacial score (nSPS) is 22.8. The Morgan fingerprint density at radius 1 is 1.00 bits per heavy atom. The largest absolute Gasteiger partial charge is 0.448 e. The molecule has 1 aromatic heterocycles. The fourth-order valence-electron chi connectivity index (χ4n) is 6.79. The molecule has 10 nitrogen and oxygen atoms in total. The van der Waals surface area contributed by atoms with Gasteiger partial charge in [-0.25, -0.2) is 9.59 Å². The van der Waals surface area contributed by atoms with Crippen LogP contribution in [0.5, 0.6) is 0 Å². The molecule has 3 fully saturated rings. The number of hydrogen-bond donors (Lipinski definition) is 2. The number of benzene rings is 1. The Morgan fingerprint density at radius 3 is 2.61 bits per heavy atom. The van der Waals surface area contributed by atoms with Crippen molar-refractivity contribution >= 4 is 28.9 Å². The number of unbranched alkanes of at least 4 members (excludes halogenated alkanes) is 1. The predicted octanol–water partition coefficient (Wildman–Crippen LogP) is 3.80. The zero-order valence-electron chi connectivity index (χ0n) is 24.4. The zero-order valence-corrected chi connectivity index (χ0v) is 24.4. The summed E-state index contributed by atoms with van der Waals surface area (Å²) in [6.45, 7) is 3.00. The number of rotatable bonds is 8. The smallest absolute Gasteiger partial charge is 0.409 e. The van der Waals surface area contributed by atoms with Crippen LogP contribution in [0.2, 0.25) is 0 Å². The van der Waals surface area contributed by atoms with Crippen LogP contribution in [-0.2, 0) is 27.8 Å². The van der Waals surface area contributed by atoms with Crippen molar-refractivity contribution in [1.29, 1.82) is 0 Å². The first-order valence-electron chi connectivity index (χ1n) is 15.6. The van der Waals surface area contributed by atoms with Crippen LogP contribution in [0, 0.1) is 5.92 Å². The monoisotopic (exact) mass is 567 g/mol. The molecular formula is C31H45N5O5. The number of aromatic nitrogens is 2. The summed E-state index contributed by atoms with van der Waals surface area (Å²) < 4.78 is 8.85. The molecule has 3 aliphatic heterocycles. The number of hydrogen-bond acceptors (Lipinski definition) is 6. The molecule has 0 saturated carbocycles. The van der Waals surface area contributed by atoms with E-state index < -0.39 is 11.9 Å². The number of para-hydroxylation sites is 1. The molecule has 2 atom stereocenters. The molecule has 3 amide bonds. The zero-order chi connectivity index (χ0) is 28.8. The number of carbonyl (C=O) groups is 3. The van der Waals surface area contributed by atoms with Gasteiger partial charge in [0.1, 0.15) is 12.6 Å². The van der Waals surface area contributed by atoms with Gasteiger partial charge in [-0.1, -0.05) is 44.2 Å². The molecule has 0 bridgehead atoms. The standard InChI is InChI=1S/C31H45N5O5/c1-34-28-23(11-8-13-25(28)36(30(34)39)26-14-15-27(37)33-29(26)38)10-6-5-9-22-16-19-35(20-17-22)31(40)41-21-24-12-4-2-3-7-18-32-24/h8,11,13,22,24,26,32H,2-7,9-10,12,14-21H2,1H3,(H,33,37,38). The first kappa shape index (κ1) is 29.4. The minimum absolute atomic E-state index is 0.171. The van der Waals surface area contributed by atoms with Gasteiger partial charge in [0.25, 0.3) is 0 Å². The van der Waals surface area contributed by atoms with Gasteiger partial charge < -0.3 is 15.0 Å². The summed E-state index contributed by atoms with van der Waals surface area (Å²) in [6.07, 6.45) is 12.5. The highest BCUT2D eigenvalue weighted by Gasteiger charge is 2.31. The summed E-state index contributed by atoms with van der Waals surface area (Å²) in [6, 6.07) is 5.51. The number of nitrogens with one attached hydrogen (secondary N) is 2. The lowest BCUT2D eigenvalue weighted by Gasteiger charge is -2.32. The number of aryl methyl sites for hydroxylation is 2. The molecule has 0 aliphatic carbocycles. The quantitative estimate of drug-likeness (QED) is 0.371. The van der Waals surface area contributed by atoms with E-state index in [1.54, 1.807) is 16.2 Å². The van der Waals surface area contributed by atoms with E-state index in [4.69, 9.17) is 4.74 Å². The predicted molar refractivity (Wildman–Crippen MR) is 157 cm³/mol. The third-order valence-electron chi connectivity index (χ3n) is 9.21. The SMILES string of the molecule is Cn1c(=O)n(C2CCC(=O)NC2=O)c2cccc(CCCCC3CCN(C(=O)OCC4CCCCCCN4)CC3)c21. The molecule has 0 radical (unpaired) electrons. The van der Waals surface area contributed by atoms with E-state index in [1.165, 1.54) is 25.7 Å². The highest BCUT2D eigenvalue weighted by Crippen LogP contribution is 2.27. The summed E-state index contributed by atoms with van der Waals surface area (Å²) in [5.41, 5.74) is 2.48. The van der Waals surface area contributed by atoms with E-state index in [9.17, 15) is 19.2 Å². The Hall–Kier alpha value is -3.14. The minimum atomic E-state index is -0.666. The van der Waals surface area contributed by atoms with Crippen molar-refractivity contribution in [2.45, 2.75) is 95.6 Å². The van der Waals surface area contributed by atoms with Gasteiger partial charge in [-0.2, -0.15) is 0 Å². The third kappa shape index (κ3) is 7.02. The third-order valence-corrected chi connectivity index (χ3v) is 9.21. The second kappa shape index (κ2) is 13.7. The lowest BCUT2D eigenvalue weighted by molar-refractivity contribution is -0.135. The number of amides is 3. The van der Waals surface area contributed by atoms with Crippen LogP contribution in [0.25, 0.3) is 11.0 Å². The van der Waals surface area contributed by atoms with Crippen molar-refractivity contribution in [3.8, 4) is 0 Å². The maximum absolute atomic E-state index is 13.1. The Labute approximate surface area is 241 Å². The van der Waals surface area contributed by atoms with E-state index in [-0.39, 0.29) is 30.2 Å². The molecule has 1 aromatic carbocycles. The number of imide groups is 1. The molecule has 2 aromatic rings. The van der Waals surface area contributed by atoms with E-state index in [0.717, 1.165) is 81.2 Å². The van der Waals surface area contributed by atoms with E-state index >= 15 is 0 Å². The molecule has 4 heterocycles. The summed E-state index contributed by atoms with van der Waals surface area (Å²) in [4.78, 5) is 51.8. The highest BCUT2D eigenvalue weighted by molar-refractivity contribution is 6.00. The van der Waals surface area contributed by atoms with Gasteiger partial charge >= 0.3 is 11.8 Å². The van der Waals surface area contributed by atoms with Gasteiger partial charge in [0.05, 0.1) is 11.0 Å². The van der Waals surface area contributed by atoms with E-state index in [2.05, 4.69) is 16.7 Å². The van der Waals surface area contributed by atoms with Crippen LogP contribution in [0.3, 0.4) is 0 Å². The van der Waals surface area contributed by atoms with Crippen molar-refractivity contribution in [1.82, 2.24) is 24.7 Å². The topological polar surface area (TPSA) is 115 Å². The molecule has 2 N–H and O–H groups in total. The minimum Gasteiger partial charge on any atom is -0.448 e. The van der Waals surface area contributed by atoms with Gasteiger partial charge in [0.2, 0.25) is 11.8 Å². The molecule has 224 valence electrons. The summed E-state index contributed by atoms with van der Waals surface area (Å²) in [7, 11) is 1.75. The first-order valence-corrected chi connectivity index (χ1v) is 15.6. The van der Waals surface area contributed by atoms with Gasteiger partial charge in [0.15, 0.2) is 0 Å². The molecule has 5 rings (SSSR count). The highest BCUT2D eigenvalue weighted by atomic mass is 16.6. The van der Waals surface area contributed by atoms with E-state index in [0.29, 0.717) is 18.9 Å². The molecule has 3 saturated heterocycles. The number of fused-ring (bicyclic) bond motifs is 1. The molecule has 0 spiro atoms. The second-order valence-electron chi connectivity index (χ2n) is 12.1. The Balaban J connectivity index is 1.08. The van der Waals surface area contributed by atoms with Crippen molar-refractivity contribution in [3.05, 3.63) is 34.2 Å². The molecule has 10 heteroatoms. The average molecular weight is 568 g/mol. The Kier molecular flexibility index (Phi) is 9.80. The van der Waals surface area contributed by atoms with Crippen molar-refractivity contribution in [2.75, 3.05) is 26.2 Å². The summed E-state index contributed by atoms with van der Waals surface area (Å²) >= 11 is 0. The fraction of sp³-hybridized carbons (Fsp3) is 0.677. The number of piperidine rings is 2. The van der Waals surface area contributed by atoms with Gasteiger partial charge in [-0.05, 0) is 69.0 Å². The lowest BCUT2D eigenvalue weighted by Crippen LogP contribution is -2.44. The number of carbonyl (C=O) groups excluding carboxylic acids is 3. The van der Waals surface area contributed by atoms with Gasteiger partial charge in [-0.3, -0.25) is 24.0 Å². The summed E-state index contributed by atoms with van der Waals surface area (Å²) in [5.74, 6) is -0.0867. The Bertz CT molecular complexity index is 1280. The number of ether oxygens (including phenoxy) is 1. The van der Waals surface area contributed by atoms with E-state index in [1.807, 2.05) is 17.0 Å². The maximum atomic E-state index is 13.1. The number of nitrogens with zero attached hydrogens (tertiary/aromatic N) is 3. The maximum Gasteiger partial charge on any atom is 0.409 e. The number of imidazole rings is 1. The first-order chi connectivity index (χ1) is 19.9. The molecule has 2 unspecified atom stereocenters. The van der Waals surface area contributed by atoms with Crippen molar-refractivity contribution in [2.24, 2.45) is 13.0 Å². The van der Waals surface area contributed by atoms with Gasteiger partial charge in [-0.15, -0.1) is 0 Å². The van der Waals surface area contributed by atoms with Crippen molar-refractivity contribution < 1.29 is 19.1 Å². The number of likely N-dealkylation sites (tertiary alicyclic amines) is 1. The van der Waals surface area contributed by atoms with Crippen LogP contribution >= 0.6 is 0 Å². The van der Waals surface area contributed by atoms with Crippen LogP contribution in [-0.4, -0.2) is 64.2 Å². The molecule has 3 aliphatic rings. The van der Waals surface area contributed by atoms with Crippen LogP contribution in [0.1, 0.15) is 88.7 Å². The van der Waals surface area contributed by atoms with Gasteiger partial charge in [0, 0.05) is 32.6 Å². The Morgan fingerprint density at radius 2 is 1.80 bits per heavy atom. The molecular weight excluding hydrogens is 522 g/mol. The van der Waals surface area contributed by atoms with Crippen LogP contribution < -0.4 is 16.3 Å².